The Balaban J connectivity index is 1.57. The number of benzene rings is 3. The van der Waals surface area contributed by atoms with Crippen LogP contribution in [0.4, 0.5) is 5.69 Å². The summed E-state index contributed by atoms with van der Waals surface area (Å²) in [4.78, 5) is 27.8. The molecule has 1 aliphatic rings. The number of amidine groups is 1. The first-order valence-electron chi connectivity index (χ1n) is 11.2. The molecule has 2 N–H and O–H groups in total. The molecule has 9 heteroatoms. The number of nitrogens with one attached hydrogen (secondary N) is 2. The van der Waals surface area contributed by atoms with Crippen molar-refractivity contribution in [2.75, 3.05) is 18.9 Å². The molecule has 4 rings (SSSR count). The highest BCUT2D eigenvalue weighted by molar-refractivity contribution is 7.90. The molecule has 0 aliphatic carbocycles. The Morgan fingerprint density at radius 3 is 2.29 bits per heavy atom. The molecule has 0 radical (unpaired) electrons. The maximum Gasteiger partial charge on any atom is 0.284 e. The zero-order valence-electron chi connectivity index (χ0n) is 19.2. The molecule has 1 heterocycles. The van der Waals surface area contributed by atoms with Crippen LogP contribution in [-0.2, 0) is 14.8 Å². The number of likely N-dealkylation sites (tertiary alicyclic amines) is 1. The van der Waals surface area contributed by atoms with E-state index < -0.39 is 27.9 Å². The average molecular weight is 491 g/mol. The van der Waals surface area contributed by atoms with Crippen LogP contribution < -0.4 is 10.6 Å². The Kier molecular flexibility index (Phi) is 7.26. The molecule has 3 aromatic carbocycles. The van der Waals surface area contributed by atoms with Gasteiger partial charge in [-0.05, 0) is 42.3 Å². The standard InChI is InChI=1S/C26H26N4O4S/c1-30-17-9-16-23(30)29-35(33,34)22-15-8-14-21(18-22)27-26(32)24(19-10-4-2-5-11-19)28-25(31)20-12-6-3-7-13-20/h2-8,10-15,18,24H,9,16-17H2,1H3,(H,27,32)(H,28,31). The summed E-state index contributed by atoms with van der Waals surface area (Å²) >= 11 is 0. The second-order valence-corrected chi connectivity index (χ2v) is 9.81. The number of carbonyl (C=O) groups excluding carboxylic acids is 2. The minimum Gasteiger partial charge on any atom is -0.362 e. The Morgan fingerprint density at radius 1 is 0.943 bits per heavy atom. The lowest BCUT2D eigenvalue weighted by atomic mass is 10.1. The van der Waals surface area contributed by atoms with Crippen LogP contribution in [0.1, 0.15) is 34.8 Å². The van der Waals surface area contributed by atoms with E-state index in [0.717, 1.165) is 13.0 Å². The molecule has 35 heavy (non-hydrogen) atoms. The topological polar surface area (TPSA) is 108 Å². The highest BCUT2D eigenvalue weighted by Crippen LogP contribution is 2.22. The lowest BCUT2D eigenvalue weighted by molar-refractivity contribution is -0.118. The number of anilines is 1. The van der Waals surface area contributed by atoms with Gasteiger partial charge in [-0.2, -0.15) is 8.42 Å². The van der Waals surface area contributed by atoms with E-state index in [-0.39, 0.29) is 10.6 Å². The molecule has 1 aliphatic heterocycles. The predicted molar refractivity (Wildman–Crippen MR) is 135 cm³/mol. The number of nitrogens with zero attached hydrogens (tertiary/aromatic N) is 2. The second kappa shape index (κ2) is 10.5. The molecule has 0 aromatic heterocycles. The van der Waals surface area contributed by atoms with Gasteiger partial charge in [-0.25, -0.2) is 0 Å². The lowest BCUT2D eigenvalue weighted by Gasteiger charge is -2.19. The molecular formula is C26H26N4O4S. The number of hydrogen-bond acceptors (Lipinski definition) is 4. The molecule has 1 saturated heterocycles. The SMILES string of the molecule is CN1CCCC1=NS(=O)(=O)c1cccc(NC(=O)C(NC(=O)c2ccccc2)c2ccccc2)c1. The van der Waals surface area contributed by atoms with E-state index in [1.165, 1.54) is 12.1 Å². The molecule has 8 nitrogen and oxygen atoms in total. The van der Waals surface area contributed by atoms with Gasteiger partial charge in [0.2, 0.25) is 0 Å². The van der Waals surface area contributed by atoms with Crippen molar-refractivity contribution < 1.29 is 18.0 Å². The van der Waals surface area contributed by atoms with E-state index in [1.54, 1.807) is 66.7 Å². The first-order valence-corrected chi connectivity index (χ1v) is 12.6. The molecule has 1 unspecified atom stereocenters. The van der Waals surface area contributed by atoms with Crippen molar-refractivity contribution in [2.45, 2.75) is 23.8 Å². The van der Waals surface area contributed by atoms with Gasteiger partial charge in [-0.3, -0.25) is 9.59 Å². The highest BCUT2D eigenvalue weighted by atomic mass is 32.2. The molecule has 1 atom stereocenters. The molecule has 1 fully saturated rings. The molecule has 180 valence electrons. The maximum atomic E-state index is 13.3. The van der Waals surface area contributed by atoms with E-state index in [4.69, 9.17) is 0 Å². The van der Waals surface area contributed by atoms with E-state index in [9.17, 15) is 18.0 Å². The Bertz CT molecular complexity index is 1340. The Morgan fingerprint density at radius 2 is 1.63 bits per heavy atom. The van der Waals surface area contributed by atoms with Gasteiger partial charge in [0.25, 0.3) is 21.8 Å². The van der Waals surface area contributed by atoms with E-state index >= 15 is 0 Å². The summed E-state index contributed by atoms with van der Waals surface area (Å²) in [6.07, 6.45) is 1.46. The van der Waals surface area contributed by atoms with Gasteiger partial charge in [-0.1, -0.05) is 54.6 Å². The summed E-state index contributed by atoms with van der Waals surface area (Å²) in [6, 6.07) is 22.4. The van der Waals surface area contributed by atoms with Gasteiger partial charge >= 0.3 is 0 Å². The first kappa shape index (κ1) is 24.2. The molecule has 0 saturated carbocycles. The number of sulfonamides is 1. The van der Waals surface area contributed by atoms with Crippen molar-refractivity contribution in [3.8, 4) is 0 Å². The lowest BCUT2D eigenvalue weighted by Crippen LogP contribution is -2.37. The van der Waals surface area contributed by atoms with E-state index in [2.05, 4.69) is 15.0 Å². The summed E-state index contributed by atoms with van der Waals surface area (Å²) in [5.41, 5.74) is 1.30. The second-order valence-electron chi connectivity index (χ2n) is 8.21. The van der Waals surface area contributed by atoms with E-state index in [1.807, 2.05) is 18.0 Å². The quantitative estimate of drug-likeness (QED) is 0.526. The largest absolute Gasteiger partial charge is 0.362 e. The Labute approximate surface area is 204 Å². The molecule has 2 amide bonds. The van der Waals surface area contributed by atoms with Crippen LogP contribution in [0.15, 0.2) is 94.2 Å². The molecule has 0 bridgehead atoms. The van der Waals surface area contributed by atoms with Gasteiger partial charge < -0.3 is 15.5 Å². The van der Waals surface area contributed by atoms with Crippen LogP contribution in [-0.4, -0.2) is 44.6 Å². The third-order valence-electron chi connectivity index (χ3n) is 5.67. The van der Waals surface area contributed by atoms with Crippen molar-refractivity contribution in [1.29, 1.82) is 0 Å². The van der Waals surface area contributed by atoms with Crippen molar-refractivity contribution in [1.82, 2.24) is 10.2 Å². The summed E-state index contributed by atoms with van der Waals surface area (Å²) in [6.45, 7) is 0.764. The highest BCUT2D eigenvalue weighted by Gasteiger charge is 2.25. The maximum absolute atomic E-state index is 13.3. The van der Waals surface area contributed by atoms with E-state index in [0.29, 0.717) is 23.4 Å². The molecule has 0 spiro atoms. The van der Waals surface area contributed by atoms with Gasteiger partial charge in [0.15, 0.2) is 0 Å². The monoisotopic (exact) mass is 490 g/mol. The van der Waals surface area contributed by atoms with Crippen molar-refractivity contribution >= 4 is 33.4 Å². The number of amides is 2. The summed E-state index contributed by atoms with van der Waals surface area (Å²) in [7, 11) is -2.13. The van der Waals surface area contributed by atoms with Crippen LogP contribution in [0.3, 0.4) is 0 Å². The number of carbonyl (C=O) groups is 2. The number of rotatable bonds is 7. The smallest absolute Gasteiger partial charge is 0.284 e. The van der Waals surface area contributed by atoms with Crippen molar-refractivity contribution in [3.63, 3.8) is 0 Å². The molecular weight excluding hydrogens is 464 g/mol. The predicted octanol–water partition coefficient (Wildman–Crippen LogP) is 3.61. The van der Waals surface area contributed by atoms with Crippen molar-refractivity contribution in [2.24, 2.45) is 4.40 Å². The van der Waals surface area contributed by atoms with Crippen LogP contribution in [0.5, 0.6) is 0 Å². The molecule has 3 aromatic rings. The summed E-state index contributed by atoms with van der Waals surface area (Å²) < 4.78 is 29.7. The number of hydrogen-bond donors (Lipinski definition) is 2. The minimum atomic E-state index is -3.94. The van der Waals surface area contributed by atoms with Crippen LogP contribution in [0.2, 0.25) is 0 Å². The third-order valence-corrected chi connectivity index (χ3v) is 6.97. The first-order chi connectivity index (χ1) is 16.8. The average Bonchev–Trinajstić information content (AvgIpc) is 3.27. The third kappa shape index (κ3) is 5.93. The zero-order valence-corrected chi connectivity index (χ0v) is 20.0. The summed E-state index contributed by atoms with van der Waals surface area (Å²) in [5.74, 6) is -0.383. The Hall–Kier alpha value is -3.98. The van der Waals surface area contributed by atoms with Crippen molar-refractivity contribution in [3.05, 3.63) is 96.1 Å². The summed E-state index contributed by atoms with van der Waals surface area (Å²) in [5, 5.41) is 5.51. The fraction of sp³-hybridized carbons (Fsp3) is 0.192. The van der Waals surface area contributed by atoms with Gasteiger partial charge in [0.1, 0.15) is 11.9 Å². The normalized spacial score (nSPS) is 15.6. The van der Waals surface area contributed by atoms with Gasteiger partial charge in [-0.15, -0.1) is 4.40 Å². The fourth-order valence-corrected chi connectivity index (χ4v) is 4.94. The van der Waals surface area contributed by atoms with Crippen LogP contribution in [0, 0.1) is 0 Å². The zero-order chi connectivity index (χ0) is 24.8. The minimum absolute atomic E-state index is 0.0207. The van der Waals surface area contributed by atoms with Gasteiger partial charge in [0, 0.05) is 31.3 Å². The van der Waals surface area contributed by atoms with Crippen LogP contribution >= 0.6 is 0 Å². The fourth-order valence-electron chi connectivity index (χ4n) is 3.80. The van der Waals surface area contributed by atoms with Gasteiger partial charge in [0.05, 0.1) is 4.90 Å². The van der Waals surface area contributed by atoms with Crippen LogP contribution in [0.25, 0.3) is 0 Å².